The summed E-state index contributed by atoms with van der Waals surface area (Å²) in [5.41, 5.74) is 3.75. The summed E-state index contributed by atoms with van der Waals surface area (Å²) in [5, 5.41) is 0. The fourth-order valence-electron chi connectivity index (χ4n) is 4.39. The summed E-state index contributed by atoms with van der Waals surface area (Å²) < 4.78 is 41.4. The Hall–Kier alpha value is -2.81. The van der Waals surface area contributed by atoms with Gasteiger partial charge in [0.2, 0.25) is 0 Å². The molecule has 0 bridgehead atoms. The lowest BCUT2D eigenvalue weighted by atomic mass is 9.78. The number of benzene rings is 3. The number of alkyl halides is 1. The van der Waals surface area contributed by atoms with E-state index in [1.807, 2.05) is 18.2 Å². The van der Waals surface area contributed by atoms with Crippen molar-refractivity contribution >= 4 is 0 Å². The molecule has 0 unspecified atom stereocenters. The molecule has 1 fully saturated rings. The van der Waals surface area contributed by atoms with Crippen molar-refractivity contribution in [3.8, 4) is 22.3 Å². The Morgan fingerprint density at radius 1 is 0.767 bits per heavy atom. The highest BCUT2D eigenvalue weighted by Crippen LogP contribution is 2.37. The van der Waals surface area contributed by atoms with Gasteiger partial charge in [0.1, 0.15) is 18.3 Å². The first kappa shape index (κ1) is 20.5. The molecule has 0 spiro atoms. The van der Waals surface area contributed by atoms with Gasteiger partial charge in [-0.05, 0) is 71.9 Å². The zero-order valence-electron chi connectivity index (χ0n) is 16.9. The van der Waals surface area contributed by atoms with Gasteiger partial charge in [-0.1, -0.05) is 54.6 Å². The van der Waals surface area contributed by atoms with Crippen LogP contribution in [-0.4, -0.2) is 0 Å². The number of hydrogen-bond acceptors (Lipinski definition) is 0. The van der Waals surface area contributed by atoms with Crippen LogP contribution in [0.25, 0.3) is 22.3 Å². The van der Waals surface area contributed by atoms with Gasteiger partial charge in [0.05, 0.1) is 0 Å². The van der Waals surface area contributed by atoms with E-state index in [4.69, 9.17) is 0 Å². The van der Waals surface area contributed by atoms with Gasteiger partial charge in [-0.25, -0.2) is 13.2 Å². The molecule has 0 saturated heterocycles. The zero-order valence-corrected chi connectivity index (χ0v) is 16.9. The Kier molecular flexibility index (Phi) is 6.08. The second kappa shape index (κ2) is 8.91. The van der Waals surface area contributed by atoms with Crippen molar-refractivity contribution in [2.45, 2.75) is 38.3 Å². The minimum Gasteiger partial charge on any atom is -0.246 e. The van der Waals surface area contributed by atoms with Gasteiger partial charge in [0.25, 0.3) is 0 Å². The van der Waals surface area contributed by atoms with Crippen molar-refractivity contribution in [3.63, 3.8) is 0 Å². The molecule has 0 nitrogen and oxygen atoms in total. The van der Waals surface area contributed by atoms with Crippen LogP contribution >= 0.6 is 0 Å². The summed E-state index contributed by atoms with van der Waals surface area (Å²) in [6.45, 7) is 3.03. The van der Waals surface area contributed by atoms with E-state index in [-0.39, 0.29) is 5.56 Å². The Bertz CT molecular complexity index is 1030. The lowest BCUT2D eigenvalue weighted by molar-refractivity contribution is 0.376. The van der Waals surface area contributed by atoms with Crippen LogP contribution in [0, 0.1) is 17.6 Å². The molecular formula is C27H25F3. The lowest BCUT2D eigenvalue weighted by Gasteiger charge is -2.27. The monoisotopic (exact) mass is 406 g/mol. The minimum absolute atomic E-state index is 0.0196. The fraction of sp³-hybridized carbons (Fsp3) is 0.259. The predicted molar refractivity (Wildman–Crippen MR) is 117 cm³/mol. The average Bonchev–Trinajstić information content (AvgIpc) is 2.79. The zero-order chi connectivity index (χ0) is 21.1. The minimum atomic E-state index is -0.876. The van der Waals surface area contributed by atoms with Gasteiger partial charge in [-0.3, -0.25) is 0 Å². The van der Waals surface area contributed by atoms with Crippen LogP contribution in [0.2, 0.25) is 0 Å². The van der Waals surface area contributed by atoms with Crippen molar-refractivity contribution in [3.05, 3.63) is 96.1 Å². The summed E-state index contributed by atoms with van der Waals surface area (Å²) in [7, 11) is 0. The molecule has 1 aliphatic rings. The van der Waals surface area contributed by atoms with Crippen LogP contribution in [0.3, 0.4) is 0 Å². The first-order valence-corrected chi connectivity index (χ1v) is 10.5. The fourth-order valence-corrected chi connectivity index (χ4v) is 4.39. The van der Waals surface area contributed by atoms with E-state index >= 15 is 0 Å². The smallest absolute Gasteiger partial charge is 0.131 e. The molecule has 1 saturated carbocycles. The van der Waals surface area contributed by atoms with Gasteiger partial charge in [-0.2, -0.15) is 0 Å². The van der Waals surface area contributed by atoms with Gasteiger partial charge >= 0.3 is 0 Å². The van der Waals surface area contributed by atoms with Crippen LogP contribution in [0.5, 0.6) is 0 Å². The molecule has 0 radical (unpaired) electrons. The molecule has 0 aliphatic heterocycles. The molecule has 1 aliphatic carbocycles. The molecule has 4 rings (SSSR count). The molecule has 3 aromatic rings. The Balaban J connectivity index is 1.53. The molecular weight excluding hydrogens is 381 g/mol. The van der Waals surface area contributed by atoms with Crippen molar-refractivity contribution in [2.75, 3.05) is 0 Å². The van der Waals surface area contributed by atoms with E-state index in [0.29, 0.717) is 23.0 Å². The van der Waals surface area contributed by atoms with Crippen molar-refractivity contribution in [1.82, 2.24) is 0 Å². The van der Waals surface area contributed by atoms with Crippen LogP contribution in [0.4, 0.5) is 13.2 Å². The molecule has 154 valence electrons. The average molecular weight is 406 g/mol. The Labute approximate surface area is 176 Å². The molecule has 30 heavy (non-hydrogen) atoms. The third-order valence-electron chi connectivity index (χ3n) is 6.30. The van der Waals surface area contributed by atoms with E-state index < -0.39 is 18.3 Å². The number of rotatable bonds is 5. The van der Waals surface area contributed by atoms with E-state index in [1.54, 1.807) is 12.1 Å². The van der Waals surface area contributed by atoms with Crippen molar-refractivity contribution in [2.24, 2.45) is 5.92 Å². The number of halogens is 3. The topological polar surface area (TPSA) is 0 Å². The largest absolute Gasteiger partial charge is 0.246 e. The maximum absolute atomic E-state index is 14.8. The lowest BCUT2D eigenvalue weighted by Crippen LogP contribution is -2.11. The summed E-state index contributed by atoms with van der Waals surface area (Å²) in [5.74, 6) is 0.142. The summed E-state index contributed by atoms with van der Waals surface area (Å²) in [4.78, 5) is 0. The highest BCUT2D eigenvalue weighted by atomic mass is 19.1. The van der Waals surface area contributed by atoms with Gasteiger partial charge in [0, 0.05) is 11.1 Å². The van der Waals surface area contributed by atoms with Gasteiger partial charge in [0.15, 0.2) is 0 Å². The van der Waals surface area contributed by atoms with Crippen molar-refractivity contribution < 1.29 is 13.2 Å². The molecule has 0 aromatic heterocycles. The molecule has 0 heterocycles. The predicted octanol–water partition coefficient (Wildman–Crippen LogP) is 8.23. The quantitative estimate of drug-likeness (QED) is 0.374. The molecule has 0 atom stereocenters. The molecule has 3 heteroatoms. The Morgan fingerprint density at radius 3 is 2.00 bits per heavy atom. The highest BCUT2D eigenvalue weighted by molar-refractivity contribution is 5.71. The summed E-state index contributed by atoms with van der Waals surface area (Å²) >= 11 is 0. The van der Waals surface area contributed by atoms with Crippen LogP contribution < -0.4 is 0 Å². The third kappa shape index (κ3) is 4.21. The van der Waals surface area contributed by atoms with Gasteiger partial charge in [-0.15, -0.1) is 6.58 Å². The van der Waals surface area contributed by atoms with E-state index in [0.717, 1.165) is 11.1 Å². The van der Waals surface area contributed by atoms with E-state index in [2.05, 4.69) is 24.8 Å². The second-order valence-corrected chi connectivity index (χ2v) is 8.10. The van der Waals surface area contributed by atoms with Crippen LogP contribution in [0.1, 0.15) is 42.7 Å². The second-order valence-electron chi connectivity index (χ2n) is 8.10. The number of hydrogen-bond donors (Lipinski definition) is 0. The normalized spacial score (nSPS) is 18.9. The van der Waals surface area contributed by atoms with Crippen LogP contribution in [0.15, 0.2) is 73.3 Å². The highest BCUT2D eigenvalue weighted by Gasteiger charge is 2.20. The van der Waals surface area contributed by atoms with Gasteiger partial charge < -0.3 is 0 Å². The summed E-state index contributed by atoms with van der Waals surface area (Å²) in [6.07, 6.45) is 6.81. The molecule has 3 aromatic carbocycles. The first-order valence-electron chi connectivity index (χ1n) is 10.5. The SMILES string of the molecule is C=CC1CCC(c2ccc(-c3ccc(-c4ccc(CF)c(F)c4)c(F)c3)cc2)CC1. The number of allylic oxidation sites excluding steroid dienone is 1. The standard InChI is InChI=1S/C27H25F3/c1-2-18-3-5-19(6-4-18)20-7-9-21(10-8-20)22-13-14-25(27(30)15-22)23-11-12-24(17-28)26(29)16-23/h2,7-16,18-19H,1,3-6,17H2. The Morgan fingerprint density at radius 2 is 1.40 bits per heavy atom. The summed E-state index contributed by atoms with van der Waals surface area (Å²) in [6, 6.07) is 17.4. The van der Waals surface area contributed by atoms with Crippen molar-refractivity contribution in [1.29, 1.82) is 0 Å². The molecule has 0 N–H and O–H groups in total. The first-order chi connectivity index (χ1) is 14.6. The maximum Gasteiger partial charge on any atom is 0.131 e. The third-order valence-corrected chi connectivity index (χ3v) is 6.30. The van der Waals surface area contributed by atoms with Crippen LogP contribution in [-0.2, 0) is 6.67 Å². The van der Waals surface area contributed by atoms with E-state index in [9.17, 15) is 13.2 Å². The maximum atomic E-state index is 14.8. The van der Waals surface area contributed by atoms with E-state index in [1.165, 1.54) is 49.4 Å². The molecule has 0 amide bonds.